The van der Waals surface area contributed by atoms with Gasteiger partial charge in [-0.3, -0.25) is 0 Å². The highest BCUT2D eigenvalue weighted by Crippen LogP contribution is 2.27. The van der Waals surface area contributed by atoms with E-state index >= 15 is 0 Å². The van der Waals surface area contributed by atoms with E-state index in [9.17, 15) is 0 Å². The number of imidazole rings is 1. The van der Waals surface area contributed by atoms with Gasteiger partial charge in [0.1, 0.15) is 5.75 Å². The van der Waals surface area contributed by atoms with Crippen molar-refractivity contribution in [1.29, 1.82) is 0 Å². The van der Waals surface area contributed by atoms with Crippen molar-refractivity contribution in [1.82, 2.24) is 9.55 Å². The van der Waals surface area contributed by atoms with E-state index in [0.717, 1.165) is 25.8 Å². The van der Waals surface area contributed by atoms with E-state index in [4.69, 9.17) is 27.9 Å². The van der Waals surface area contributed by atoms with Gasteiger partial charge in [0.25, 0.3) is 0 Å². The Hall–Kier alpha value is -1.19. The van der Waals surface area contributed by atoms with Crippen LogP contribution in [0.1, 0.15) is 25.7 Å². The Balaban J connectivity index is 1.55. The van der Waals surface area contributed by atoms with Crippen molar-refractivity contribution < 1.29 is 4.74 Å². The molecule has 0 aliphatic heterocycles. The summed E-state index contributed by atoms with van der Waals surface area (Å²) in [5.41, 5.74) is 0. The summed E-state index contributed by atoms with van der Waals surface area (Å²) in [5, 5.41) is 1.19. The lowest BCUT2D eigenvalue weighted by Gasteiger charge is -2.08. The predicted octanol–water partition coefficient (Wildman–Crippen LogP) is 4.83. The van der Waals surface area contributed by atoms with Gasteiger partial charge in [-0.2, -0.15) is 0 Å². The molecule has 0 saturated carbocycles. The zero-order valence-corrected chi connectivity index (χ0v) is 12.8. The van der Waals surface area contributed by atoms with Crippen LogP contribution >= 0.6 is 23.2 Å². The van der Waals surface area contributed by atoms with E-state index < -0.39 is 0 Å². The van der Waals surface area contributed by atoms with Crippen molar-refractivity contribution in [2.24, 2.45) is 0 Å². The summed E-state index contributed by atoms with van der Waals surface area (Å²) in [4.78, 5) is 4.02. The Morgan fingerprint density at radius 1 is 1.10 bits per heavy atom. The standard InChI is InChI=1S/C15H18Cl2N2O/c16-13-5-6-15(14(17)11-13)20-10-4-2-1-3-8-19-9-7-18-12-19/h5-7,9,11-12H,1-4,8,10H2. The molecule has 1 aromatic heterocycles. The van der Waals surface area contributed by atoms with Crippen LogP contribution in [0.4, 0.5) is 0 Å². The third kappa shape index (κ3) is 5.06. The number of aryl methyl sites for hydroxylation is 1. The van der Waals surface area contributed by atoms with Gasteiger partial charge in [-0.15, -0.1) is 0 Å². The first-order valence-electron chi connectivity index (χ1n) is 6.79. The van der Waals surface area contributed by atoms with Gasteiger partial charge in [0.05, 0.1) is 18.0 Å². The number of nitrogens with zero attached hydrogens (tertiary/aromatic N) is 2. The third-order valence-corrected chi connectivity index (χ3v) is 3.55. The van der Waals surface area contributed by atoms with E-state index in [2.05, 4.69) is 9.55 Å². The fraction of sp³-hybridized carbons (Fsp3) is 0.400. The van der Waals surface area contributed by atoms with Crippen LogP contribution in [-0.4, -0.2) is 16.2 Å². The molecular weight excluding hydrogens is 295 g/mol. The molecule has 0 saturated heterocycles. The van der Waals surface area contributed by atoms with Gasteiger partial charge in [0.2, 0.25) is 0 Å². The summed E-state index contributed by atoms with van der Waals surface area (Å²) in [7, 11) is 0. The molecule has 2 rings (SSSR count). The van der Waals surface area contributed by atoms with Crippen LogP contribution in [0.2, 0.25) is 10.0 Å². The summed E-state index contributed by atoms with van der Waals surface area (Å²) in [5.74, 6) is 0.703. The second kappa shape index (κ2) is 8.18. The largest absolute Gasteiger partial charge is 0.492 e. The molecule has 0 aliphatic rings. The fourth-order valence-electron chi connectivity index (χ4n) is 1.94. The summed E-state index contributed by atoms with van der Waals surface area (Å²) in [6.45, 7) is 1.72. The normalized spacial score (nSPS) is 10.7. The van der Waals surface area contributed by atoms with Gasteiger partial charge >= 0.3 is 0 Å². The Morgan fingerprint density at radius 3 is 2.70 bits per heavy atom. The number of ether oxygens (including phenoxy) is 1. The van der Waals surface area contributed by atoms with Gasteiger partial charge in [0, 0.05) is 24.0 Å². The molecule has 0 unspecified atom stereocenters. The molecule has 0 amide bonds. The molecule has 3 nitrogen and oxygen atoms in total. The molecule has 0 N–H and O–H groups in total. The van der Waals surface area contributed by atoms with E-state index in [-0.39, 0.29) is 0 Å². The number of rotatable bonds is 8. The zero-order chi connectivity index (χ0) is 14.2. The monoisotopic (exact) mass is 312 g/mol. The average molecular weight is 313 g/mol. The van der Waals surface area contributed by atoms with Crippen LogP contribution in [0.3, 0.4) is 0 Å². The maximum absolute atomic E-state index is 6.03. The Labute approximate surface area is 129 Å². The highest BCUT2D eigenvalue weighted by Gasteiger charge is 2.01. The summed E-state index contributed by atoms with van der Waals surface area (Å²) >= 11 is 11.9. The van der Waals surface area contributed by atoms with Crippen molar-refractivity contribution in [3.63, 3.8) is 0 Å². The van der Waals surface area contributed by atoms with Crippen LogP contribution in [0.25, 0.3) is 0 Å². The first-order valence-corrected chi connectivity index (χ1v) is 7.55. The summed E-state index contributed by atoms with van der Waals surface area (Å²) in [6, 6.07) is 5.29. The predicted molar refractivity (Wildman–Crippen MR) is 82.7 cm³/mol. The second-order valence-electron chi connectivity index (χ2n) is 4.64. The molecule has 0 aliphatic carbocycles. The van der Waals surface area contributed by atoms with Gasteiger partial charge in [-0.05, 0) is 31.0 Å². The number of unbranched alkanes of at least 4 members (excludes halogenated alkanes) is 3. The molecule has 1 aromatic carbocycles. The number of hydrogen-bond donors (Lipinski definition) is 0. The third-order valence-electron chi connectivity index (χ3n) is 3.02. The SMILES string of the molecule is Clc1ccc(OCCCCCCn2ccnc2)c(Cl)c1. The maximum Gasteiger partial charge on any atom is 0.137 e. The van der Waals surface area contributed by atoms with Crippen LogP contribution in [0, 0.1) is 0 Å². The smallest absolute Gasteiger partial charge is 0.137 e. The van der Waals surface area contributed by atoms with Gasteiger partial charge < -0.3 is 9.30 Å². The highest BCUT2D eigenvalue weighted by molar-refractivity contribution is 6.35. The molecule has 20 heavy (non-hydrogen) atoms. The molecule has 1 heterocycles. The molecule has 2 aromatic rings. The van der Waals surface area contributed by atoms with Crippen LogP contribution in [0.5, 0.6) is 5.75 Å². The molecule has 0 atom stereocenters. The molecule has 108 valence electrons. The van der Waals surface area contributed by atoms with Crippen molar-refractivity contribution in [3.8, 4) is 5.75 Å². The first kappa shape index (κ1) is 15.2. The van der Waals surface area contributed by atoms with Crippen LogP contribution in [0.15, 0.2) is 36.9 Å². The van der Waals surface area contributed by atoms with E-state index in [1.165, 1.54) is 6.42 Å². The second-order valence-corrected chi connectivity index (χ2v) is 5.48. The lowest BCUT2D eigenvalue weighted by molar-refractivity contribution is 0.304. The molecule has 0 spiro atoms. The lowest BCUT2D eigenvalue weighted by atomic mass is 10.2. The molecule has 0 radical (unpaired) electrons. The van der Waals surface area contributed by atoms with Gasteiger partial charge in [0.15, 0.2) is 0 Å². The summed E-state index contributed by atoms with van der Waals surface area (Å²) < 4.78 is 7.74. The van der Waals surface area contributed by atoms with Crippen LogP contribution < -0.4 is 4.74 Å². The average Bonchev–Trinajstić information content (AvgIpc) is 2.93. The lowest BCUT2D eigenvalue weighted by Crippen LogP contribution is -1.99. The van der Waals surface area contributed by atoms with Crippen molar-refractivity contribution in [3.05, 3.63) is 47.0 Å². The minimum absolute atomic E-state index is 0.567. The van der Waals surface area contributed by atoms with Crippen molar-refractivity contribution in [2.75, 3.05) is 6.61 Å². The molecule has 0 fully saturated rings. The number of aromatic nitrogens is 2. The highest BCUT2D eigenvalue weighted by atomic mass is 35.5. The maximum atomic E-state index is 6.03. The number of benzene rings is 1. The first-order chi connectivity index (χ1) is 9.75. The molecule has 0 bridgehead atoms. The minimum atomic E-state index is 0.567. The molecule has 5 heteroatoms. The van der Waals surface area contributed by atoms with Crippen molar-refractivity contribution >= 4 is 23.2 Å². The van der Waals surface area contributed by atoms with Crippen LogP contribution in [-0.2, 0) is 6.54 Å². The Bertz CT molecular complexity index is 515. The van der Waals surface area contributed by atoms with Gasteiger partial charge in [-0.1, -0.05) is 36.0 Å². The quantitative estimate of drug-likeness (QED) is 0.653. The molecular formula is C15H18Cl2N2O. The fourth-order valence-corrected chi connectivity index (χ4v) is 2.41. The Kier molecular flexibility index (Phi) is 6.22. The van der Waals surface area contributed by atoms with E-state index in [0.29, 0.717) is 22.4 Å². The summed E-state index contributed by atoms with van der Waals surface area (Å²) in [6.07, 6.45) is 10.2. The Morgan fingerprint density at radius 2 is 1.95 bits per heavy atom. The number of halogens is 2. The van der Waals surface area contributed by atoms with Gasteiger partial charge in [-0.25, -0.2) is 4.98 Å². The zero-order valence-electron chi connectivity index (χ0n) is 11.3. The van der Waals surface area contributed by atoms with E-state index in [1.807, 2.05) is 24.8 Å². The minimum Gasteiger partial charge on any atom is -0.492 e. The number of hydrogen-bond acceptors (Lipinski definition) is 2. The van der Waals surface area contributed by atoms with Crippen molar-refractivity contribution in [2.45, 2.75) is 32.2 Å². The van der Waals surface area contributed by atoms with E-state index in [1.54, 1.807) is 12.1 Å². The topological polar surface area (TPSA) is 27.1 Å².